The van der Waals surface area contributed by atoms with Crippen molar-refractivity contribution in [3.63, 3.8) is 0 Å². The van der Waals surface area contributed by atoms with Crippen LogP contribution in [0.4, 0.5) is 0 Å². The Kier molecular flexibility index (Phi) is 15.0. The van der Waals surface area contributed by atoms with Crippen molar-refractivity contribution in [2.45, 2.75) is 106 Å². The summed E-state index contributed by atoms with van der Waals surface area (Å²) in [5, 5.41) is 0. The zero-order chi connectivity index (χ0) is 19.2. The van der Waals surface area contributed by atoms with E-state index in [2.05, 4.69) is 53.4 Å². The first-order chi connectivity index (χ1) is 11.8. The summed E-state index contributed by atoms with van der Waals surface area (Å²) in [5.74, 6) is 3.34. The van der Waals surface area contributed by atoms with E-state index < -0.39 is 0 Å². The Hall–Kier alpha value is -0.0800. The van der Waals surface area contributed by atoms with Crippen LogP contribution in [0.25, 0.3) is 0 Å². The van der Waals surface area contributed by atoms with Gasteiger partial charge in [0, 0.05) is 20.2 Å². The number of hydrogen-bond acceptors (Lipinski definition) is 2. The Morgan fingerprint density at radius 1 is 0.600 bits per heavy atom. The zero-order valence-electron chi connectivity index (χ0n) is 18.8. The molecular formula is C23H49NO. The quantitative estimate of drug-likeness (QED) is 0.277. The molecule has 0 aromatic carbocycles. The lowest BCUT2D eigenvalue weighted by atomic mass is 9.96. The second-order valence-corrected chi connectivity index (χ2v) is 9.31. The normalized spacial score (nSPS) is 16.0. The average Bonchev–Trinajstić information content (AvgIpc) is 2.53. The van der Waals surface area contributed by atoms with E-state index in [0.717, 1.165) is 23.7 Å². The smallest absolute Gasteiger partial charge is 0.107 e. The van der Waals surface area contributed by atoms with E-state index in [0.29, 0.717) is 0 Å². The fourth-order valence-electron chi connectivity index (χ4n) is 3.43. The molecule has 2 heteroatoms. The van der Waals surface area contributed by atoms with Crippen molar-refractivity contribution in [3.05, 3.63) is 0 Å². The number of rotatable bonds is 16. The van der Waals surface area contributed by atoms with Gasteiger partial charge in [0.2, 0.25) is 0 Å². The molecule has 25 heavy (non-hydrogen) atoms. The Morgan fingerprint density at radius 3 is 1.32 bits per heavy atom. The molecule has 0 saturated heterocycles. The number of hydrogen-bond donors (Lipinski definition) is 0. The van der Waals surface area contributed by atoms with E-state index in [1.54, 1.807) is 0 Å². The predicted octanol–water partition coefficient (Wildman–Crippen LogP) is 6.99. The molecule has 3 unspecified atom stereocenters. The van der Waals surface area contributed by atoms with Crippen LogP contribution in [0.2, 0.25) is 0 Å². The van der Waals surface area contributed by atoms with E-state index in [1.165, 1.54) is 64.5 Å². The van der Waals surface area contributed by atoms with Crippen LogP contribution in [-0.4, -0.2) is 31.3 Å². The Balaban J connectivity index is 4.11. The molecule has 0 N–H and O–H groups in total. The van der Waals surface area contributed by atoms with E-state index in [9.17, 15) is 0 Å². The van der Waals surface area contributed by atoms with Crippen molar-refractivity contribution in [1.29, 1.82) is 0 Å². The molecule has 0 aliphatic carbocycles. The molecule has 3 atom stereocenters. The van der Waals surface area contributed by atoms with Crippen LogP contribution in [0.15, 0.2) is 0 Å². The van der Waals surface area contributed by atoms with Gasteiger partial charge < -0.3 is 4.74 Å². The summed E-state index contributed by atoms with van der Waals surface area (Å²) in [4.78, 5) is 2.55. The molecule has 0 spiro atoms. The fraction of sp³-hybridized carbons (Fsp3) is 1.00. The largest absolute Gasteiger partial charge is 0.367 e. The summed E-state index contributed by atoms with van der Waals surface area (Å²) >= 11 is 0. The molecule has 0 aromatic rings. The summed E-state index contributed by atoms with van der Waals surface area (Å²) in [5.41, 5.74) is 0. The lowest BCUT2D eigenvalue weighted by Crippen LogP contribution is -2.37. The zero-order valence-corrected chi connectivity index (χ0v) is 18.8. The minimum atomic E-state index is 0.241. The van der Waals surface area contributed by atoms with Gasteiger partial charge >= 0.3 is 0 Å². The van der Waals surface area contributed by atoms with Crippen molar-refractivity contribution in [3.8, 4) is 0 Å². The first-order valence-corrected chi connectivity index (χ1v) is 11.0. The van der Waals surface area contributed by atoms with Crippen LogP contribution in [-0.2, 0) is 4.74 Å². The first kappa shape index (κ1) is 24.9. The standard InChI is InChI=1S/C23H49NO/c1-19(2)11-9-13-21(5)15-17-24(23(7)25-8)18-16-22(6)14-10-12-20(3)4/h19-23H,9-18H2,1-8H3. The Morgan fingerprint density at radius 2 is 1.00 bits per heavy atom. The van der Waals surface area contributed by atoms with E-state index >= 15 is 0 Å². The molecular weight excluding hydrogens is 306 g/mol. The van der Waals surface area contributed by atoms with Crippen LogP contribution in [0.1, 0.15) is 99.8 Å². The maximum Gasteiger partial charge on any atom is 0.107 e. The SMILES string of the molecule is COC(C)N(CCC(C)CCCC(C)C)CCC(C)CCCC(C)C. The average molecular weight is 356 g/mol. The molecule has 0 rings (SSSR count). The highest BCUT2D eigenvalue weighted by atomic mass is 16.5. The summed E-state index contributed by atoms with van der Waals surface area (Å²) in [6, 6.07) is 0. The van der Waals surface area contributed by atoms with Crippen LogP contribution >= 0.6 is 0 Å². The lowest BCUT2D eigenvalue weighted by molar-refractivity contribution is -0.0237. The molecule has 0 aliphatic rings. The lowest BCUT2D eigenvalue weighted by Gasteiger charge is -2.30. The van der Waals surface area contributed by atoms with Crippen molar-refractivity contribution in [1.82, 2.24) is 4.90 Å². The molecule has 0 heterocycles. The first-order valence-electron chi connectivity index (χ1n) is 11.0. The van der Waals surface area contributed by atoms with E-state index in [4.69, 9.17) is 4.74 Å². The fourth-order valence-corrected chi connectivity index (χ4v) is 3.43. The molecule has 0 bridgehead atoms. The summed E-state index contributed by atoms with van der Waals surface area (Å²) in [6.07, 6.45) is 11.1. The topological polar surface area (TPSA) is 12.5 Å². The summed E-state index contributed by atoms with van der Waals surface area (Å²) in [7, 11) is 1.84. The highest BCUT2D eigenvalue weighted by Crippen LogP contribution is 2.19. The number of ether oxygens (including phenoxy) is 1. The third kappa shape index (κ3) is 14.7. The third-order valence-corrected chi connectivity index (χ3v) is 5.63. The maximum absolute atomic E-state index is 5.63. The Labute approximate surface area is 160 Å². The number of nitrogens with zero attached hydrogens (tertiary/aromatic N) is 1. The minimum absolute atomic E-state index is 0.241. The highest BCUT2D eigenvalue weighted by Gasteiger charge is 2.16. The van der Waals surface area contributed by atoms with Gasteiger partial charge in [-0.15, -0.1) is 0 Å². The van der Waals surface area contributed by atoms with Gasteiger partial charge in [0.1, 0.15) is 6.23 Å². The Bertz CT molecular complexity index is 266. The van der Waals surface area contributed by atoms with Gasteiger partial charge in [-0.2, -0.15) is 0 Å². The van der Waals surface area contributed by atoms with Crippen molar-refractivity contribution in [2.24, 2.45) is 23.7 Å². The second-order valence-electron chi connectivity index (χ2n) is 9.31. The van der Waals surface area contributed by atoms with Crippen molar-refractivity contribution in [2.75, 3.05) is 20.2 Å². The van der Waals surface area contributed by atoms with E-state index in [1.807, 2.05) is 7.11 Å². The van der Waals surface area contributed by atoms with Crippen molar-refractivity contribution < 1.29 is 4.74 Å². The van der Waals surface area contributed by atoms with Gasteiger partial charge in [-0.3, -0.25) is 4.90 Å². The highest BCUT2D eigenvalue weighted by molar-refractivity contribution is 4.66. The molecule has 0 aliphatic heterocycles. The van der Waals surface area contributed by atoms with Gasteiger partial charge in [0.25, 0.3) is 0 Å². The molecule has 0 aromatic heterocycles. The van der Waals surface area contributed by atoms with Crippen molar-refractivity contribution >= 4 is 0 Å². The molecule has 0 saturated carbocycles. The second kappa shape index (κ2) is 15.0. The van der Waals surface area contributed by atoms with Crippen LogP contribution < -0.4 is 0 Å². The van der Waals surface area contributed by atoms with Gasteiger partial charge in [0.15, 0.2) is 0 Å². The van der Waals surface area contributed by atoms with Gasteiger partial charge in [-0.25, -0.2) is 0 Å². The van der Waals surface area contributed by atoms with Crippen LogP contribution in [0.3, 0.4) is 0 Å². The maximum atomic E-state index is 5.63. The molecule has 0 radical (unpaired) electrons. The summed E-state index contributed by atoms with van der Waals surface area (Å²) < 4.78 is 5.63. The minimum Gasteiger partial charge on any atom is -0.367 e. The van der Waals surface area contributed by atoms with Gasteiger partial charge in [-0.05, 0) is 43.4 Å². The van der Waals surface area contributed by atoms with E-state index in [-0.39, 0.29) is 6.23 Å². The monoisotopic (exact) mass is 355 g/mol. The molecule has 0 fully saturated rings. The molecule has 0 amide bonds. The summed E-state index contributed by atoms with van der Waals surface area (Å²) in [6.45, 7) is 18.7. The third-order valence-electron chi connectivity index (χ3n) is 5.63. The molecule has 2 nitrogen and oxygen atoms in total. The van der Waals surface area contributed by atoms with Crippen LogP contribution in [0.5, 0.6) is 0 Å². The predicted molar refractivity (Wildman–Crippen MR) is 113 cm³/mol. The van der Waals surface area contributed by atoms with Gasteiger partial charge in [0.05, 0.1) is 0 Å². The van der Waals surface area contributed by atoms with Crippen LogP contribution in [0, 0.1) is 23.7 Å². The number of methoxy groups -OCH3 is 1. The van der Waals surface area contributed by atoms with Gasteiger partial charge in [-0.1, -0.05) is 80.1 Å². The molecule has 152 valence electrons.